The third kappa shape index (κ3) is 4.35. The number of aromatic amines is 1. The predicted molar refractivity (Wildman–Crippen MR) is 156 cm³/mol. The number of hydrogen-bond acceptors (Lipinski definition) is 4. The van der Waals surface area contributed by atoms with Crippen LogP contribution in [0.3, 0.4) is 0 Å². The third-order valence-electron chi connectivity index (χ3n) is 7.92. The van der Waals surface area contributed by atoms with Crippen molar-refractivity contribution in [2.75, 3.05) is 27.3 Å². The number of aromatic nitrogens is 3. The molecule has 6 rings (SSSR count). The molecule has 0 aliphatic carbocycles. The van der Waals surface area contributed by atoms with Gasteiger partial charge in [-0.2, -0.15) is 0 Å². The SMILES string of the molecule is COc1ccc(-n2c(-c3ccccc3)cc(C(=O)N3CCC(n4c(=O)[nH]c5ccccc54)CC3)c2C)c(OC)c1. The second kappa shape index (κ2) is 10.4. The predicted octanol–water partition coefficient (Wildman–Crippen LogP) is 5.59. The molecule has 0 unspecified atom stereocenters. The van der Waals surface area contributed by atoms with E-state index in [9.17, 15) is 9.59 Å². The van der Waals surface area contributed by atoms with E-state index in [4.69, 9.17) is 9.47 Å². The number of likely N-dealkylation sites (tertiary alicyclic amines) is 1. The first-order valence-corrected chi connectivity index (χ1v) is 13.5. The number of para-hydroxylation sites is 2. The van der Waals surface area contributed by atoms with Crippen molar-refractivity contribution < 1.29 is 14.3 Å². The van der Waals surface area contributed by atoms with Gasteiger partial charge in [-0.05, 0) is 55.7 Å². The second-order valence-corrected chi connectivity index (χ2v) is 10.1. The molecule has 0 radical (unpaired) electrons. The third-order valence-corrected chi connectivity index (χ3v) is 7.92. The monoisotopic (exact) mass is 536 g/mol. The Morgan fingerprint density at radius 3 is 2.35 bits per heavy atom. The summed E-state index contributed by atoms with van der Waals surface area (Å²) in [7, 11) is 3.26. The quantitative estimate of drug-likeness (QED) is 0.307. The summed E-state index contributed by atoms with van der Waals surface area (Å²) in [4.78, 5) is 31.6. The van der Waals surface area contributed by atoms with Crippen LogP contribution in [0.1, 0.15) is 34.9 Å². The van der Waals surface area contributed by atoms with E-state index in [-0.39, 0.29) is 17.6 Å². The van der Waals surface area contributed by atoms with Crippen molar-refractivity contribution >= 4 is 16.9 Å². The molecule has 1 saturated heterocycles. The average molecular weight is 537 g/mol. The number of H-pyrrole nitrogens is 1. The minimum atomic E-state index is -0.0974. The van der Waals surface area contributed by atoms with Crippen molar-refractivity contribution in [2.45, 2.75) is 25.8 Å². The van der Waals surface area contributed by atoms with Crippen molar-refractivity contribution in [2.24, 2.45) is 0 Å². The fraction of sp³-hybridized carbons (Fsp3) is 0.250. The van der Waals surface area contributed by atoms with Gasteiger partial charge in [0.2, 0.25) is 0 Å². The van der Waals surface area contributed by atoms with E-state index < -0.39 is 0 Å². The molecule has 8 nitrogen and oxygen atoms in total. The molecular formula is C32H32N4O4. The zero-order valence-corrected chi connectivity index (χ0v) is 22.9. The molecule has 40 heavy (non-hydrogen) atoms. The summed E-state index contributed by atoms with van der Waals surface area (Å²) in [5, 5.41) is 0. The summed E-state index contributed by atoms with van der Waals surface area (Å²) in [6.07, 6.45) is 1.43. The molecule has 0 bridgehead atoms. The highest BCUT2D eigenvalue weighted by Gasteiger charge is 2.29. The normalized spacial score (nSPS) is 14.0. The summed E-state index contributed by atoms with van der Waals surface area (Å²) in [6.45, 7) is 3.13. The van der Waals surface area contributed by atoms with Crippen LogP contribution in [0.5, 0.6) is 11.5 Å². The fourth-order valence-corrected chi connectivity index (χ4v) is 5.86. The Morgan fingerprint density at radius 1 is 0.900 bits per heavy atom. The van der Waals surface area contributed by atoms with Gasteiger partial charge >= 0.3 is 5.69 Å². The average Bonchev–Trinajstić information content (AvgIpc) is 3.52. The zero-order valence-electron chi connectivity index (χ0n) is 22.9. The summed E-state index contributed by atoms with van der Waals surface area (Å²) < 4.78 is 15.1. The molecule has 0 spiro atoms. The Balaban J connectivity index is 1.33. The first kappa shape index (κ1) is 25.6. The molecule has 0 saturated carbocycles. The highest BCUT2D eigenvalue weighted by atomic mass is 16.5. The number of carbonyl (C=O) groups excluding carboxylic acids is 1. The Labute approximate surface area is 232 Å². The molecule has 1 amide bonds. The maximum atomic E-state index is 14.0. The fourth-order valence-electron chi connectivity index (χ4n) is 5.86. The van der Waals surface area contributed by atoms with Gasteiger partial charge in [0.15, 0.2) is 0 Å². The molecule has 8 heteroatoms. The summed E-state index contributed by atoms with van der Waals surface area (Å²) in [5.74, 6) is 1.34. The van der Waals surface area contributed by atoms with Gasteiger partial charge in [-0.25, -0.2) is 4.79 Å². The number of nitrogens with one attached hydrogen (secondary N) is 1. The molecule has 1 fully saturated rings. The molecule has 3 aromatic carbocycles. The van der Waals surface area contributed by atoms with Crippen LogP contribution in [0.4, 0.5) is 0 Å². The van der Waals surface area contributed by atoms with E-state index in [1.54, 1.807) is 14.2 Å². The number of imidazole rings is 1. The minimum Gasteiger partial charge on any atom is -0.497 e. The maximum absolute atomic E-state index is 14.0. The van der Waals surface area contributed by atoms with Crippen molar-refractivity contribution in [3.8, 4) is 28.4 Å². The molecule has 1 N–H and O–H groups in total. The van der Waals surface area contributed by atoms with Crippen LogP contribution in [0.15, 0.2) is 83.7 Å². The Bertz CT molecular complexity index is 1740. The lowest BCUT2D eigenvalue weighted by atomic mass is 10.0. The van der Waals surface area contributed by atoms with Crippen LogP contribution in [0.2, 0.25) is 0 Å². The lowest BCUT2D eigenvalue weighted by Gasteiger charge is -2.32. The van der Waals surface area contributed by atoms with Crippen molar-refractivity contribution in [3.63, 3.8) is 0 Å². The number of nitrogens with zero attached hydrogens (tertiary/aromatic N) is 3. The first-order valence-electron chi connectivity index (χ1n) is 13.5. The highest BCUT2D eigenvalue weighted by Crippen LogP contribution is 2.36. The standard InChI is InChI=1S/C32H32N4O4/c1-21-25(31(37)34-17-15-23(16-18-34)36-27-12-8-7-11-26(27)33-32(36)38)20-29(22-9-5-4-6-10-22)35(21)28-14-13-24(39-2)19-30(28)40-3/h4-14,19-20,23H,15-18H2,1-3H3,(H,33,38). The molecule has 204 valence electrons. The van der Waals surface area contributed by atoms with Crippen LogP contribution < -0.4 is 15.2 Å². The van der Waals surface area contributed by atoms with Gasteiger partial charge in [-0.1, -0.05) is 42.5 Å². The Morgan fingerprint density at radius 2 is 1.62 bits per heavy atom. The van der Waals surface area contributed by atoms with Gasteiger partial charge in [-0.15, -0.1) is 0 Å². The molecule has 1 aliphatic heterocycles. The van der Waals surface area contributed by atoms with Gasteiger partial charge in [0.25, 0.3) is 5.91 Å². The number of methoxy groups -OCH3 is 2. The Kier molecular flexibility index (Phi) is 6.67. The van der Waals surface area contributed by atoms with Gasteiger partial charge in [0.05, 0.1) is 42.2 Å². The topological polar surface area (TPSA) is 81.5 Å². The van der Waals surface area contributed by atoms with E-state index in [1.807, 2.05) is 95.3 Å². The van der Waals surface area contributed by atoms with E-state index in [1.165, 1.54) is 0 Å². The van der Waals surface area contributed by atoms with E-state index in [0.717, 1.165) is 33.7 Å². The van der Waals surface area contributed by atoms with Crippen molar-refractivity contribution in [1.29, 1.82) is 0 Å². The van der Waals surface area contributed by atoms with Gasteiger partial charge in [0.1, 0.15) is 11.5 Å². The largest absolute Gasteiger partial charge is 0.497 e. The first-order chi connectivity index (χ1) is 19.5. The number of rotatable bonds is 6. The smallest absolute Gasteiger partial charge is 0.326 e. The number of benzene rings is 3. The van der Waals surface area contributed by atoms with Crippen LogP contribution >= 0.6 is 0 Å². The lowest BCUT2D eigenvalue weighted by molar-refractivity contribution is 0.0694. The second-order valence-electron chi connectivity index (χ2n) is 10.1. The van der Waals surface area contributed by atoms with Crippen LogP contribution in [-0.4, -0.2) is 52.2 Å². The lowest BCUT2D eigenvalue weighted by Crippen LogP contribution is -2.40. The van der Waals surface area contributed by atoms with Crippen molar-refractivity contribution in [1.82, 2.24) is 19.0 Å². The number of amides is 1. The maximum Gasteiger partial charge on any atom is 0.326 e. The minimum absolute atomic E-state index is 0.00867. The summed E-state index contributed by atoms with van der Waals surface area (Å²) in [5.41, 5.74) is 5.87. The summed E-state index contributed by atoms with van der Waals surface area (Å²) >= 11 is 0. The molecule has 1 aliphatic rings. The van der Waals surface area contributed by atoms with Crippen LogP contribution in [-0.2, 0) is 0 Å². The number of piperidine rings is 1. The van der Waals surface area contributed by atoms with Gasteiger partial charge in [0, 0.05) is 30.9 Å². The number of fused-ring (bicyclic) bond motifs is 1. The van der Waals surface area contributed by atoms with Crippen LogP contribution in [0, 0.1) is 6.92 Å². The van der Waals surface area contributed by atoms with E-state index in [0.29, 0.717) is 43.0 Å². The Hall–Kier alpha value is -4.72. The zero-order chi connectivity index (χ0) is 27.8. The highest BCUT2D eigenvalue weighted by molar-refractivity contribution is 5.97. The molecule has 2 aromatic heterocycles. The summed E-state index contributed by atoms with van der Waals surface area (Å²) in [6, 6.07) is 25.5. The molecular weight excluding hydrogens is 504 g/mol. The van der Waals surface area contributed by atoms with E-state index in [2.05, 4.69) is 9.55 Å². The molecule has 5 aromatic rings. The van der Waals surface area contributed by atoms with Gasteiger partial charge < -0.3 is 23.9 Å². The number of hydrogen-bond donors (Lipinski definition) is 1. The van der Waals surface area contributed by atoms with Gasteiger partial charge in [-0.3, -0.25) is 9.36 Å². The van der Waals surface area contributed by atoms with Crippen LogP contribution in [0.25, 0.3) is 28.0 Å². The molecule has 0 atom stereocenters. The number of ether oxygens (including phenoxy) is 2. The molecule has 3 heterocycles. The number of carbonyl (C=O) groups is 1. The van der Waals surface area contributed by atoms with Crippen molar-refractivity contribution in [3.05, 3.63) is 101 Å². The van der Waals surface area contributed by atoms with E-state index >= 15 is 0 Å².